The summed E-state index contributed by atoms with van der Waals surface area (Å²) in [5, 5.41) is 10.7. The standard InChI is InChI=1S/C84H164O17P2/c1-8-10-11-12-13-14-15-16-17-18-19-20-21-26-32-37-46-53-60-67-83(88)100-79(71-94-81(86)65-58-51-44-36-31-25-23-22-24-30-35-43-50-57-64-77(7)9-2)73-98-102(90,91)96-69-78(85)70-97-103(92,93)99-74-80(72-95-82(87)66-59-52-45-40-39-42-49-56-63-76(5)6)101-84(89)68-61-54-47-38-33-28-27-29-34-41-48-55-62-75(3)4/h75-80,85H,8-74H2,1-7H3,(H,90,91)(H,92,93)/t77?,78-,79-,80-/m1/s1. The Hall–Kier alpha value is -1.94. The smallest absolute Gasteiger partial charge is 0.462 e. The van der Waals surface area contributed by atoms with E-state index >= 15 is 0 Å². The largest absolute Gasteiger partial charge is 0.472 e. The van der Waals surface area contributed by atoms with Crippen molar-refractivity contribution < 1.29 is 80.2 Å². The fourth-order valence-electron chi connectivity index (χ4n) is 13.0. The Balaban J connectivity index is 5.25. The lowest BCUT2D eigenvalue weighted by molar-refractivity contribution is -0.161. The predicted molar refractivity (Wildman–Crippen MR) is 423 cm³/mol. The molecule has 0 bridgehead atoms. The Bertz CT molecular complexity index is 1990. The maximum absolute atomic E-state index is 13.1. The second-order valence-electron chi connectivity index (χ2n) is 31.4. The molecular formula is C84H164O17P2. The van der Waals surface area contributed by atoms with Crippen LogP contribution in [-0.4, -0.2) is 96.7 Å². The average molecular weight is 1510 g/mol. The highest BCUT2D eigenvalue weighted by Crippen LogP contribution is 2.45. The van der Waals surface area contributed by atoms with E-state index in [9.17, 15) is 43.2 Å². The van der Waals surface area contributed by atoms with E-state index in [-0.39, 0.29) is 25.7 Å². The van der Waals surface area contributed by atoms with Crippen LogP contribution in [0.15, 0.2) is 0 Å². The molecule has 612 valence electrons. The van der Waals surface area contributed by atoms with Crippen molar-refractivity contribution in [2.24, 2.45) is 17.8 Å². The van der Waals surface area contributed by atoms with Gasteiger partial charge in [0, 0.05) is 25.7 Å². The molecule has 0 aliphatic carbocycles. The quantitative estimate of drug-likeness (QED) is 0.0222. The third-order valence-corrected chi connectivity index (χ3v) is 21.9. The van der Waals surface area contributed by atoms with E-state index in [1.165, 1.54) is 250 Å². The summed E-state index contributed by atoms with van der Waals surface area (Å²) in [6.07, 6.45) is 63.8. The summed E-state index contributed by atoms with van der Waals surface area (Å²) in [7, 11) is -9.93. The summed E-state index contributed by atoms with van der Waals surface area (Å²) in [6, 6.07) is 0. The Morgan fingerprint density at radius 3 is 0.738 bits per heavy atom. The molecule has 19 heteroatoms. The summed E-state index contributed by atoms with van der Waals surface area (Å²) in [4.78, 5) is 73.2. The third kappa shape index (κ3) is 76.6. The number of ether oxygens (including phenoxy) is 4. The van der Waals surface area contributed by atoms with Crippen LogP contribution in [-0.2, 0) is 65.4 Å². The van der Waals surface area contributed by atoms with E-state index in [0.29, 0.717) is 25.7 Å². The van der Waals surface area contributed by atoms with Crippen LogP contribution < -0.4 is 0 Å². The lowest BCUT2D eigenvalue weighted by Crippen LogP contribution is -2.30. The van der Waals surface area contributed by atoms with Gasteiger partial charge >= 0.3 is 39.5 Å². The van der Waals surface area contributed by atoms with Crippen LogP contribution in [0, 0.1) is 17.8 Å². The lowest BCUT2D eigenvalue weighted by atomic mass is 9.99. The molecule has 0 rings (SSSR count). The molecule has 3 N–H and O–H groups in total. The van der Waals surface area contributed by atoms with E-state index in [2.05, 4.69) is 48.5 Å². The van der Waals surface area contributed by atoms with Gasteiger partial charge in [-0.3, -0.25) is 37.3 Å². The fraction of sp³-hybridized carbons (Fsp3) is 0.952. The Kier molecular flexibility index (Phi) is 72.8. The number of rotatable bonds is 82. The van der Waals surface area contributed by atoms with Gasteiger partial charge in [-0.05, 0) is 43.4 Å². The van der Waals surface area contributed by atoms with Crippen molar-refractivity contribution in [3.63, 3.8) is 0 Å². The molecule has 0 aromatic carbocycles. The number of unbranched alkanes of at least 4 members (excludes halogenated alkanes) is 49. The maximum Gasteiger partial charge on any atom is 0.472 e. The Morgan fingerprint density at radius 1 is 0.282 bits per heavy atom. The van der Waals surface area contributed by atoms with Gasteiger partial charge in [0.05, 0.1) is 26.4 Å². The van der Waals surface area contributed by atoms with Crippen molar-refractivity contribution in [3.8, 4) is 0 Å². The van der Waals surface area contributed by atoms with Gasteiger partial charge in [0.25, 0.3) is 0 Å². The molecule has 0 spiro atoms. The molecule has 0 amide bonds. The minimum atomic E-state index is -4.97. The second-order valence-corrected chi connectivity index (χ2v) is 34.3. The first-order chi connectivity index (χ1) is 49.8. The number of aliphatic hydroxyl groups is 1. The number of carbonyl (C=O) groups excluding carboxylic acids is 4. The third-order valence-electron chi connectivity index (χ3n) is 20.0. The number of hydrogen-bond acceptors (Lipinski definition) is 15. The van der Waals surface area contributed by atoms with Crippen molar-refractivity contribution in [1.82, 2.24) is 0 Å². The van der Waals surface area contributed by atoms with E-state index in [1.807, 2.05) is 0 Å². The highest BCUT2D eigenvalue weighted by molar-refractivity contribution is 7.47. The molecule has 103 heavy (non-hydrogen) atoms. The second kappa shape index (κ2) is 74.2. The van der Waals surface area contributed by atoms with Gasteiger partial charge in [0.15, 0.2) is 12.2 Å². The topological polar surface area (TPSA) is 237 Å². The van der Waals surface area contributed by atoms with E-state index < -0.39 is 97.5 Å². The lowest BCUT2D eigenvalue weighted by Gasteiger charge is -2.21. The molecule has 0 aliphatic rings. The SMILES string of the molecule is CCCCCCCCCCCCCCCCCCCCCC(=O)O[C@H](COC(=O)CCCCCCCCCCCCCCCCC(C)CC)COP(=O)(O)OC[C@@H](O)COP(=O)(O)OC[C@@H](COC(=O)CCCCCCCCCCC(C)C)OC(=O)CCCCCCCCCCCCCCC(C)C. The van der Waals surface area contributed by atoms with Crippen LogP contribution in [0.5, 0.6) is 0 Å². The van der Waals surface area contributed by atoms with Crippen molar-refractivity contribution in [2.45, 2.75) is 458 Å². The molecule has 6 atom stereocenters. The molecule has 0 aromatic rings. The van der Waals surface area contributed by atoms with Crippen LogP contribution in [0.25, 0.3) is 0 Å². The minimum Gasteiger partial charge on any atom is -0.462 e. The number of phosphoric ester groups is 2. The van der Waals surface area contributed by atoms with Crippen LogP contribution >= 0.6 is 15.6 Å². The molecular weight excluding hydrogens is 1340 g/mol. The van der Waals surface area contributed by atoms with Crippen LogP contribution in [0.1, 0.15) is 440 Å². The van der Waals surface area contributed by atoms with Gasteiger partial charge < -0.3 is 33.8 Å². The van der Waals surface area contributed by atoms with Gasteiger partial charge in [-0.2, -0.15) is 0 Å². The van der Waals surface area contributed by atoms with Crippen LogP contribution in [0.3, 0.4) is 0 Å². The Labute approximate surface area is 632 Å². The van der Waals surface area contributed by atoms with Crippen molar-refractivity contribution in [1.29, 1.82) is 0 Å². The number of carbonyl (C=O) groups is 4. The Morgan fingerprint density at radius 2 is 0.495 bits per heavy atom. The molecule has 0 aromatic heterocycles. The monoisotopic (exact) mass is 1510 g/mol. The number of phosphoric acid groups is 2. The summed E-state index contributed by atoms with van der Waals surface area (Å²) >= 11 is 0. The van der Waals surface area contributed by atoms with E-state index in [1.54, 1.807) is 0 Å². The molecule has 0 saturated carbocycles. The molecule has 0 saturated heterocycles. The zero-order chi connectivity index (χ0) is 75.8. The summed E-state index contributed by atoms with van der Waals surface area (Å²) < 4.78 is 68.8. The molecule has 0 radical (unpaired) electrons. The summed E-state index contributed by atoms with van der Waals surface area (Å²) in [5.41, 5.74) is 0. The maximum atomic E-state index is 13.1. The number of esters is 4. The average Bonchev–Trinajstić information content (AvgIpc) is 0.970. The minimum absolute atomic E-state index is 0.106. The van der Waals surface area contributed by atoms with Crippen molar-refractivity contribution >= 4 is 39.5 Å². The van der Waals surface area contributed by atoms with E-state index in [4.69, 9.17) is 37.0 Å². The fourth-order valence-corrected chi connectivity index (χ4v) is 14.6. The highest BCUT2D eigenvalue weighted by atomic mass is 31.2. The highest BCUT2D eigenvalue weighted by Gasteiger charge is 2.30. The van der Waals surface area contributed by atoms with Crippen LogP contribution in [0.4, 0.5) is 0 Å². The van der Waals surface area contributed by atoms with Gasteiger partial charge in [0.2, 0.25) is 0 Å². The number of aliphatic hydroxyl groups excluding tert-OH is 1. The van der Waals surface area contributed by atoms with Gasteiger partial charge in [-0.15, -0.1) is 0 Å². The first-order valence-electron chi connectivity index (χ1n) is 43.4. The zero-order valence-corrected chi connectivity index (χ0v) is 69.6. The molecule has 0 aliphatic heterocycles. The molecule has 17 nitrogen and oxygen atoms in total. The van der Waals surface area contributed by atoms with Crippen LogP contribution in [0.2, 0.25) is 0 Å². The van der Waals surface area contributed by atoms with Gasteiger partial charge in [0.1, 0.15) is 19.3 Å². The van der Waals surface area contributed by atoms with Gasteiger partial charge in [-0.25, -0.2) is 9.13 Å². The normalized spacial score (nSPS) is 14.2. The van der Waals surface area contributed by atoms with Crippen molar-refractivity contribution in [3.05, 3.63) is 0 Å². The predicted octanol–water partition coefficient (Wildman–Crippen LogP) is 25.3. The molecule has 3 unspecified atom stereocenters. The number of hydrogen-bond donors (Lipinski definition) is 3. The van der Waals surface area contributed by atoms with Gasteiger partial charge in [-0.1, -0.05) is 389 Å². The zero-order valence-electron chi connectivity index (χ0n) is 67.8. The molecule has 0 heterocycles. The van der Waals surface area contributed by atoms with E-state index in [0.717, 1.165) is 108 Å². The molecule has 0 fully saturated rings. The summed E-state index contributed by atoms with van der Waals surface area (Å²) in [5.74, 6) is 0.246. The summed E-state index contributed by atoms with van der Waals surface area (Å²) in [6.45, 7) is 12.0. The first-order valence-corrected chi connectivity index (χ1v) is 46.4. The first kappa shape index (κ1) is 101. The van der Waals surface area contributed by atoms with Crippen molar-refractivity contribution in [2.75, 3.05) is 39.6 Å².